The van der Waals surface area contributed by atoms with Gasteiger partial charge in [0, 0.05) is 11.8 Å². The van der Waals surface area contributed by atoms with Crippen molar-refractivity contribution in [3.8, 4) is 5.75 Å². The monoisotopic (exact) mass is 344 g/mol. The number of nitrogens with zero attached hydrogens (tertiary/aromatic N) is 1. The maximum absolute atomic E-state index is 12.6. The SMILES string of the molecule is CCC1=C(C(=O)Nc2ccccc2OCc2cscn2)CCCO1. The van der Waals surface area contributed by atoms with Crippen molar-refractivity contribution < 1.29 is 14.3 Å². The molecule has 0 fully saturated rings. The Kier molecular flexibility index (Phi) is 5.48. The van der Waals surface area contributed by atoms with Crippen LogP contribution in [0.1, 0.15) is 31.9 Å². The van der Waals surface area contributed by atoms with Crippen molar-refractivity contribution in [3.05, 3.63) is 52.2 Å². The van der Waals surface area contributed by atoms with E-state index in [2.05, 4.69) is 10.3 Å². The number of hydrogen-bond acceptors (Lipinski definition) is 5. The van der Waals surface area contributed by atoms with Crippen LogP contribution in [0.15, 0.2) is 46.5 Å². The van der Waals surface area contributed by atoms with E-state index in [1.807, 2.05) is 36.6 Å². The zero-order valence-corrected chi connectivity index (χ0v) is 14.4. The lowest BCUT2D eigenvalue weighted by Gasteiger charge is -2.20. The molecule has 1 aromatic heterocycles. The molecule has 1 amide bonds. The van der Waals surface area contributed by atoms with Crippen LogP contribution in [0.5, 0.6) is 5.75 Å². The summed E-state index contributed by atoms with van der Waals surface area (Å²) >= 11 is 1.53. The Bertz CT molecular complexity index is 726. The number of aromatic nitrogens is 1. The maximum atomic E-state index is 12.6. The van der Waals surface area contributed by atoms with E-state index < -0.39 is 0 Å². The van der Waals surface area contributed by atoms with Gasteiger partial charge < -0.3 is 14.8 Å². The molecule has 0 saturated heterocycles. The number of carbonyl (C=O) groups is 1. The number of nitrogens with one attached hydrogen (secondary N) is 1. The third-order valence-electron chi connectivity index (χ3n) is 3.77. The number of allylic oxidation sites excluding steroid dienone is 1. The molecule has 1 aromatic carbocycles. The summed E-state index contributed by atoms with van der Waals surface area (Å²) in [5.41, 5.74) is 4.04. The number of anilines is 1. The van der Waals surface area contributed by atoms with E-state index in [1.165, 1.54) is 11.3 Å². The van der Waals surface area contributed by atoms with Gasteiger partial charge in [-0.2, -0.15) is 0 Å². The Morgan fingerprint density at radius 3 is 3.08 bits per heavy atom. The highest BCUT2D eigenvalue weighted by Gasteiger charge is 2.20. The summed E-state index contributed by atoms with van der Waals surface area (Å²) < 4.78 is 11.4. The van der Waals surface area contributed by atoms with Crippen LogP contribution >= 0.6 is 11.3 Å². The van der Waals surface area contributed by atoms with E-state index in [-0.39, 0.29) is 5.91 Å². The van der Waals surface area contributed by atoms with Gasteiger partial charge >= 0.3 is 0 Å². The molecule has 6 heteroatoms. The molecular weight excluding hydrogens is 324 g/mol. The van der Waals surface area contributed by atoms with Gasteiger partial charge in [-0.3, -0.25) is 4.79 Å². The molecule has 2 heterocycles. The first kappa shape index (κ1) is 16.5. The van der Waals surface area contributed by atoms with E-state index in [0.29, 0.717) is 24.7 Å². The molecule has 1 aliphatic rings. The van der Waals surface area contributed by atoms with Crippen LogP contribution < -0.4 is 10.1 Å². The molecule has 126 valence electrons. The fourth-order valence-electron chi connectivity index (χ4n) is 2.58. The van der Waals surface area contributed by atoms with E-state index in [4.69, 9.17) is 9.47 Å². The van der Waals surface area contributed by atoms with Crippen molar-refractivity contribution in [2.45, 2.75) is 32.8 Å². The number of amides is 1. The summed E-state index contributed by atoms with van der Waals surface area (Å²) in [6.45, 7) is 3.06. The van der Waals surface area contributed by atoms with Gasteiger partial charge in [0.2, 0.25) is 0 Å². The zero-order chi connectivity index (χ0) is 16.8. The predicted octanol–water partition coefficient (Wildman–Crippen LogP) is 4.14. The normalized spacial score (nSPS) is 14.2. The zero-order valence-electron chi connectivity index (χ0n) is 13.6. The average molecular weight is 344 g/mol. The smallest absolute Gasteiger partial charge is 0.255 e. The Labute approximate surface area is 145 Å². The first-order valence-corrected chi connectivity index (χ1v) is 8.97. The average Bonchev–Trinajstić information content (AvgIpc) is 3.14. The standard InChI is InChI=1S/C18H20N2O3S/c1-2-16-14(6-5-9-22-16)18(21)20-15-7-3-4-8-17(15)23-10-13-11-24-12-19-13/h3-4,7-8,11-12H,2,5-6,9-10H2,1H3,(H,20,21). The highest BCUT2D eigenvalue weighted by atomic mass is 32.1. The third-order valence-corrected chi connectivity index (χ3v) is 4.41. The Morgan fingerprint density at radius 2 is 2.29 bits per heavy atom. The molecule has 0 bridgehead atoms. The molecule has 0 spiro atoms. The number of ether oxygens (including phenoxy) is 2. The molecule has 0 radical (unpaired) electrons. The molecule has 2 aromatic rings. The summed E-state index contributed by atoms with van der Waals surface area (Å²) in [4.78, 5) is 16.8. The summed E-state index contributed by atoms with van der Waals surface area (Å²) in [7, 11) is 0. The van der Waals surface area contributed by atoms with Crippen LogP contribution in [0.2, 0.25) is 0 Å². The molecular formula is C18H20N2O3S. The molecule has 24 heavy (non-hydrogen) atoms. The fraction of sp³-hybridized carbons (Fsp3) is 0.333. The third kappa shape index (κ3) is 3.94. The maximum Gasteiger partial charge on any atom is 0.255 e. The Balaban J connectivity index is 1.72. The summed E-state index contributed by atoms with van der Waals surface area (Å²) in [6.07, 6.45) is 2.34. The van der Waals surface area contributed by atoms with E-state index in [9.17, 15) is 4.79 Å². The van der Waals surface area contributed by atoms with Crippen molar-refractivity contribution in [2.24, 2.45) is 0 Å². The van der Waals surface area contributed by atoms with Crippen LogP contribution in [0.3, 0.4) is 0 Å². The quantitative estimate of drug-likeness (QED) is 0.856. The molecule has 0 unspecified atom stereocenters. The molecule has 0 atom stereocenters. The molecule has 1 N–H and O–H groups in total. The lowest BCUT2D eigenvalue weighted by molar-refractivity contribution is -0.113. The Hall–Kier alpha value is -2.34. The predicted molar refractivity (Wildman–Crippen MR) is 94.0 cm³/mol. The number of rotatable bonds is 6. The van der Waals surface area contributed by atoms with Gasteiger partial charge in [-0.15, -0.1) is 11.3 Å². The second-order valence-electron chi connectivity index (χ2n) is 5.43. The van der Waals surface area contributed by atoms with E-state index in [1.54, 1.807) is 5.51 Å². The van der Waals surface area contributed by atoms with Gasteiger partial charge in [-0.1, -0.05) is 19.1 Å². The lowest BCUT2D eigenvalue weighted by Crippen LogP contribution is -2.20. The van der Waals surface area contributed by atoms with Gasteiger partial charge in [0.15, 0.2) is 0 Å². The van der Waals surface area contributed by atoms with Gasteiger partial charge in [0.25, 0.3) is 5.91 Å². The van der Waals surface area contributed by atoms with Gasteiger partial charge in [-0.25, -0.2) is 4.98 Å². The van der Waals surface area contributed by atoms with E-state index >= 15 is 0 Å². The first-order chi connectivity index (χ1) is 11.8. The highest BCUT2D eigenvalue weighted by Crippen LogP contribution is 2.28. The largest absolute Gasteiger partial charge is 0.497 e. The number of thiazole rings is 1. The minimum atomic E-state index is -0.115. The second-order valence-corrected chi connectivity index (χ2v) is 6.14. The summed E-state index contributed by atoms with van der Waals surface area (Å²) in [6, 6.07) is 7.43. The summed E-state index contributed by atoms with van der Waals surface area (Å²) in [5.74, 6) is 1.31. The second kappa shape index (κ2) is 7.97. The van der Waals surface area contributed by atoms with Crippen molar-refractivity contribution in [1.82, 2.24) is 4.98 Å². The molecule has 0 aliphatic carbocycles. The Morgan fingerprint density at radius 1 is 1.42 bits per heavy atom. The van der Waals surface area contributed by atoms with Gasteiger partial charge in [0.05, 0.1) is 29.1 Å². The minimum Gasteiger partial charge on any atom is -0.497 e. The molecule has 0 saturated carbocycles. The summed E-state index contributed by atoms with van der Waals surface area (Å²) in [5, 5.41) is 4.90. The molecule has 3 rings (SSSR count). The highest BCUT2D eigenvalue weighted by molar-refractivity contribution is 7.07. The number of carbonyl (C=O) groups excluding carboxylic acids is 1. The van der Waals surface area contributed by atoms with Crippen molar-refractivity contribution in [1.29, 1.82) is 0 Å². The number of hydrogen-bond donors (Lipinski definition) is 1. The topological polar surface area (TPSA) is 60.5 Å². The van der Waals surface area contributed by atoms with Crippen LogP contribution in [-0.2, 0) is 16.1 Å². The van der Waals surface area contributed by atoms with Crippen LogP contribution in [0, 0.1) is 0 Å². The molecule has 1 aliphatic heterocycles. The minimum absolute atomic E-state index is 0.115. The van der Waals surface area contributed by atoms with E-state index in [0.717, 1.165) is 36.3 Å². The fourth-order valence-corrected chi connectivity index (χ4v) is 3.12. The van der Waals surface area contributed by atoms with Crippen LogP contribution in [0.4, 0.5) is 5.69 Å². The van der Waals surface area contributed by atoms with Gasteiger partial charge in [0.1, 0.15) is 18.1 Å². The lowest BCUT2D eigenvalue weighted by atomic mass is 10.0. The van der Waals surface area contributed by atoms with Crippen LogP contribution in [0.25, 0.3) is 0 Å². The van der Waals surface area contributed by atoms with Crippen molar-refractivity contribution in [2.75, 3.05) is 11.9 Å². The van der Waals surface area contributed by atoms with Crippen molar-refractivity contribution in [3.63, 3.8) is 0 Å². The van der Waals surface area contributed by atoms with Gasteiger partial charge in [-0.05, 0) is 25.0 Å². The number of para-hydroxylation sites is 2. The first-order valence-electron chi connectivity index (χ1n) is 8.03. The van der Waals surface area contributed by atoms with Crippen molar-refractivity contribution >= 4 is 22.9 Å². The molecule has 5 nitrogen and oxygen atoms in total. The number of benzene rings is 1. The van der Waals surface area contributed by atoms with Crippen LogP contribution in [-0.4, -0.2) is 17.5 Å².